The van der Waals surface area contributed by atoms with Gasteiger partial charge in [-0.15, -0.1) is 0 Å². The molecule has 0 atom stereocenters. The smallest absolute Gasteiger partial charge is 0.249 e. The number of hydrogen-bond donors (Lipinski definition) is 0. The molecule has 0 radical (unpaired) electrons. The van der Waals surface area contributed by atoms with Crippen molar-refractivity contribution in [3.63, 3.8) is 0 Å². The van der Waals surface area contributed by atoms with Crippen LogP contribution in [0.25, 0.3) is 0 Å². The summed E-state index contributed by atoms with van der Waals surface area (Å²) in [5.74, 6) is -0.526. The summed E-state index contributed by atoms with van der Waals surface area (Å²) >= 11 is 0. The SMILES string of the molecule is CN(C)c1ccc(C(=O)N([O-])c2ccc(F)cc2)cn1. The molecule has 0 aliphatic carbocycles. The molecule has 1 amide bonds. The molecule has 1 heterocycles. The Labute approximate surface area is 115 Å². The average Bonchev–Trinajstić information content (AvgIpc) is 2.46. The number of anilines is 2. The highest BCUT2D eigenvalue weighted by atomic mass is 19.1. The van der Waals surface area contributed by atoms with Crippen LogP contribution in [0.3, 0.4) is 0 Å². The molecular weight excluding hydrogens is 261 g/mol. The molecule has 0 spiro atoms. The minimum Gasteiger partial charge on any atom is -0.751 e. The molecule has 2 rings (SSSR count). The van der Waals surface area contributed by atoms with E-state index in [1.807, 2.05) is 14.1 Å². The first-order valence-corrected chi connectivity index (χ1v) is 5.89. The fourth-order valence-corrected chi connectivity index (χ4v) is 1.59. The molecule has 5 nitrogen and oxygen atoms in total. The van der Waals surface area contributed by atoms with Gasteiger partial charge in [-0.3, -0.25) is 4.79 Å². The van der Waals surface area contributed by atoms with E-state index in [1.165, 1.54) is 24.4 Å². The van der Waals surface area contributed by atoms with Gasteiger partial charge in [0.1, 0.15) is 11.6 Å². The van der Waals surface area contributed by atoms with Crippen LogP contribution in [0.1, 0.15) is 10.4 Å². The fourth-order valence-electron chi connectivity index (χ4n) is 1.59. The lowest BCUT2D eigenvalue weighted by molar-refractivity contribution is 0.0997. The predicted octanol–water partition coefficient (Wildman–Crippen LogP) is 2.43. The zero-order valence-electron chi connectivity index (χ0n) is 11.1. The van der Waals surface area contributed by atoms with E-state index >= 15 is 0 Å². The third-order valence-corrected chi connectivity index (χ3v) is 2.70. The molecule has 0 aliphatic heterocycles. The first kappa shape index (κ1) is 14.0. The predicted molar refractivity (Wildman–Crippen MR) is 75.1 cm³/mol. The molecule has 0 saturated carbocycles. The van der Waals surface area contributed by atoms with Gasteiger partial charge in [0.05, 0.1) is 5.56 Å². The summed E-state index contributed by atoms with van der Waals surface area (Å²) in [4.78, 5) is 17.8. The van der Waals surface area contributed by atoms with E-state index < -0.39 is 11.7 Å². The van der Waals surface area contributed by atoms with E-state index in [4.69, 9.17) is 0 Å². The Morgan fingerprint density at radius 1 is 1.15 bits per heavy atom. The summed E-state index contributed by atoms with van der Waals surface area (Å²) < 4.78 is 12.8. The van der Waals surface area contributed by atoms with Crippen molar-refractivity contribution in [3.05, 3.63) is 59.2 Å². The summed E-state index contributed by atoms with van der Waals surface area (Å²) in [7, 11) is 3.64. The van der Waals surface area contributed by atoms with E-state index in [-0.39, 0.29) is 16.3 Å². The van der Waals surface area contributed by atoms with Crippen LogP contribution < -0.4 is 9.96 Å². The van der Waals surface area contributed by atoms with Crippen LogP contribution in [0.5, 0.6) is 0 Å². The Balaban J connectivity index is 2.20. The number of pyridine rings is 1. The Kier molecular flexibility index (Phi) is 3.95. The lowest BCUT2D eigenvalue weighted by atomic mass is 10.2. The van der Waals surface area contributed by atoms with E-state index in [0.29, 0.717) is 5.82 Å². The van der Waals surface area contributed by atoms with Crippen LogP contribution in [0.15, 0.2) is 42.6 Å². The van der Waals surface area contributed by atoms with Gasteiger partial charge in [0.15, 0.2) is 0 Å². The summed E-state index contributed by atoms with van der Waals surface area (Å²) in [6.07, 6.45) is 1.34. The summed E-state index contributed by atoms with van der Waals surface area (Å²) in [5.41, 5.74) is 0.253. The largest absolute Gasteiger partial charge is 0.751 e. The fraction of sp³-hybridized carbons (Fsp3) is 0.143. The summed E-state index contributed by atoms with van der Waals surface area (Å²) in [6, 6.07) is 7.93. The van der Waals surface area contributed by atoms with Crippen molar-refractivity contribution in [2.75, 3.05) is 24.1 Å². The molecule has 2 aromatic rings. The van der Waals surface area contributed by atoms with Crippen LogP contribution >= 0.6 is 0 Å². The molecule has 1 aromatic heterocycles. The second-order valence-electron chi connectivity index (χ2n) is 4.38. The lowest BCUT2D eigenvalue weighted by Gasteiger charge is -2.28. The first-order chi connectivity index (χ1) is 9.49. The van der Waals surface area contributed by atoms with Gasteiger partial charge < -0.3 is 15.2 Å². The molecule has 0 N–H and O–H groups in total. The number of carbonyl (C=O) groups excluding carboxylic acids is 1. The van der Waals surface area contributed by atoms with Crippen molar-refractivity contribution >= 4 is 17.4 Å². The number of amides is 1. The first-order valence-electron chi connectivity index (χ1n) is 5.89. The maximum Gasteiger partial charge on any atom is 0.249 e. The maximum absolute atomic E-state index is 12.8. The molecule has 0 fully saturated rings. The Morgan fingerprint density at radius 2 is 1.80 bits per heavy atom. The second kappa shape index (κ2) is 5.66. The van der Waals surface area contributed by atoms with Gasteiger partial charge in [0.25, 0.3) is 0 Å². The van der Waals surface area contributed by atoms with E-state index in [0.717, 1.165) is 12.1 Å². The number of rotatable bonds is 3. The Bertz CT molecular complexity index is 597. The molecule has 20 heavy (non-hydrogen) atoms. The summed E-state index contributed by atoms with van der Waals surface area (Å²) in [6.45, 7) is 0. The van der Waals surface area contributed by atoms with Gasteiger partial charge in [0, 0.05) is 26.0 Å². The van der Waals surface area contributed by atoms with Gasteiger partial charge in [-0.2, -0.15) is 0 Å². The lowest BCUT2D eigenvalue weighted by Crippen LogP contribution is -2.24. The molecular formula is C14H13FN3O2-. The number of halogens is 1. The zero-order chi connectivity index (χ0) is 14.7. The molecule has 0 unspecified atom stereocenters. The van der Waals surface area contributed by atoms with Gasteiger partial charge in [-0.05, 0) is 36.4 Å². The zero-order valence-corrected chi connectivity index (χ0v) is 11.1. The normalized spacial score (nSPS) is 10.2. The third kappa shape index (κ3) is 2.92. The van der Waals surface area contributed by atoms with Crippen molar-refractivity contribution in [3.8, 4) is 0 Å². The monoisotopic (exact) mass is 274 g/mol. The van der Waals surface area contributed by atoms with E-state index in [2.05, 4.69) is 4.98 Å². The molecule has 0 bridgehead atoms. The van der Waals surface area contributed by atoms with E-state index in [1.54, 1.807) is 11.0 Å². The molecule has 0 saturated heterocycles. The van der Waals surface area contributed by atoms with Gasteiger partial charge >= 0.3 is 0 Å². The van der Waals surface area contributed by atoms with Crippen molar-refractivity contribution < 1.29 is 9.18 Å². The third-order valence-electron chi connectivity index (χ3n) is 2.70. The standard InChI is InChI=1S/C14H13FN3O2/c1-17(2)13-8-3-10(9-16-13)14(19)18(20)12-6-4-11(15)5-7-12/h3-9H,1-2H3/q-1. The van der Waals surface area contributed by atoms with Crippen LogP contribution in [0.4, 0.5) is 15.9 Å². The van der Waals surface area contributed by atoms with Crippen LogP contribution in [0, 0.1) is 11.0 Å². The summed E-state index contributed by atoms with van der Waals surface area (Å²) in [5, 5.41) is 12.1. The average molecular weight is 274 g/mol. The maximum atomic E-state index is 12.8. The number of nitrogens with zero attached hydrogens (tertiary/aromatic N) is 3. The van der Waals surface area contributed by atoms with Gasteiger partial charge in [-0.25, -0.2) is 9.37 Å². The molecule has 104 valence electrons. The minimum atomic E-state index is -0.741. The van der Waals surface area contributed by atoms with Crippen molar-refractivity contribution in [1.82, 2.24) is 4.98 Å². The Morgan fingerprint density at radius 3 is 2.30 bits per heavy atom. The Hall–Kier alpha value is -2.47. The van der Waals surface area contributed by atoms with Gasteiger partial charge in [-0.1, -0.05) is 0 Å². The number of carbonyl (C=O) groups is 1. The van der Waals surface area contributed by atoms with E-state index in [9.17, 15) is 14.4 Å². The van der Waals surface area contributed by atoms with Crippen molar-refractivity contribution in [2.24, 2.45) is 0 Å². The number of hydrogen-bond acceptors (Lipinski definition) is 4. The minimum absolute atomic E-state index is 0.0769. The number of aromatic nitrogens is 1. The molecule has 0 aliphatic rings. The number of hydroxylamine groups is 1. The van der Waals surface area contributed by atoms with Crippen LogP contribution in [-0.4, -0.2) is 25.0 Å². The van der Waals surface area contributed by atoms with Crippen LogP contribution in [0.2, 0.25) is 0 Å². The number of benzene rings is 1. The molecule has 6 heteroatoms. The highest BCUT2D eigenvalue weighted by molar-refractivity contribution is 6.06. The van der Waals surface area contributed by atoms with Crippen molar-refractivity contribution in [1.29, 1.82) is 0 Å². The van der Waals surface area contributed by atoms with Crippen molar-refractivity contribution in [2.45, 2.75) is 0 Å². The van der Waals surface area contributed by atoms with Gasteiger partial charge in [0.2, 0.25) is 5.91 Å². The second-order valence-corrected chi connectivity index (χ2v) is 4.38. The topological polar surface area (TPSA) is 59.5 Å². The quantitative estimate of drug-likeness (QED) is 0.806. The highest BCUT2D eigenvalue weighted by Gasteiger charge is 2.10. The molecule has 1 aromatic carbocycles. The van der Waals surface area contributed by atoms with Crippen LogP contribution in [-0.2, 0) is 0 Å². The highest BCUT2D eigenvalue weighted by Crippen LogP contribution is 2.17.